The fourth-order valence-corrected chi connectivity index (χ4v) is 2.72. The van der Waals surface area contributed by atoms with Gasteiger partial charge in [-0.15, -0.1) is 0 Å². The van der Waals surface area contributed by atoms with Crippen LogP contribution < -0.4 is 4.74 Å². The van der Waals surface area contributed by atoms with Crippen molar-refractivity contribution in [2.24, 2.45) is 0 Å². The molecule has 2 atom stereocenters. The first-order valence-electron chi connectivity index (χ1n) is 5.81. The molecule has 1 heterocycles. The first-order chi connectivity index (χ1) is 8.38. The van der Waals surface area contributed by atoms with Crippen molar-refractivity contribution in [1.82, 2.24) is 0 Å². The smallest absolute Gasteiger partial charge is 0.119 e. The number of benzene rings is 2. The van der Waals surface area contributed by atoms with Crippen LogP contribution in [-0.2, 0) is 4.74 Å². The number of hydrogen-bond donors (Lipinski definition) is 0. The zero-order chi connectivity index (χ0) is 11.4. The summed E-state index contributed by atoms with van der Waals surface area (Å²) < 4.78 is 11.1. The van der Waals surface area contributed by atoms with Crippen molar-refractivity contribution in [3.05, 3.63) is 53.6 Å². The molecular formula is C15H12O2. The van der Waals surface area contributed by atoms with Crippen molar-refractivity contribution >= 4 is 0 Å². The molecule has 0 spiro atoms. The summed E-state index contributed by atoms with van der Waals surface area (Å²) in [5.74, 6) is 0.900. The summed E-state index contributed by atoms with van der Waals surface area (Å²) >= 11 is 0. The lowest BCUT2D eigenvalue weighted by Crippen LogP contribution is -1.99. The van der Waals surface area contributed by atoms with Crippen LogP contribution in [0.3, 0.4) is 0 Å². The Hall–Kier alpha value is -1.80. The summed E-state index contributed by atoms with van der Waals surface area (Å²) in [4.78, 5) is 0. The Morgan fingerprint density at radius 2 is 1.71 bits per heavy atom. The second kappa shape index (κ2) is 3.11. The monoisotopic (exact) mass is 224 g/mol. The van der Waals surface area contributed by atoms with E-state index in [4.69, 9.17) is 9.47 Å². The molecule has 0 saturated carbocycles. The summed E-state index contributed by atoms with van der Waals surface area (Å²) in [5, 5.41) is 0. The molecule has 2 heteroatoms. The quantitative estimate of drug-likeness (QED) is 0.691. The number of epoxide rings is 1. The Kier molecular flexibility index (Phi) is 1.69. The number of methoxy groups -OCH3 is 1. The molecule has 0 amide bonds. The highest BCUT2D eigenvalue weighted by atomic mass is 16.6. The minimum atomic E-state index is 0.231. The van der Waals surface area contributed by atoms with E-state index in [1.807, 2.05) is 6.07 Å². The normalized spacial score (nSPS) is 23.4. The highest BCUT2D eigenvalue weighted by Crippen LogP contribution is 2.59. The first kappa shape index (κ1) is 9.25. The van der Waals surface area contributed by atoms with Gasteiger partial charge < -0.3 is 9.47 Å². The van der Waals surface area contributed by atoms with Crippen molar-refractivity contribution in [2.75, 3.05) is 7.11 Å². The van der Waals surface area contributed by atoms with Gasteiger partial charge in [-0.2, -0.15) is 0 Å². The summed E-state index contributed by atoms with van der Waals surface area (Å²) in [6.07, 6.45) is 0.487. The molecule has 84 valence electrons. The molecule has 0 aromatic heterocycles. The summed E-state index contributed by atoms with van der Waals surface area (Å²) in [5.41, 5.74) is 5.15. The van der Waals surface area contributed by atoms with E-state index in [9.17, 15) is 0 Å². The average Bonchev–Trinajstić information content (AvgIpc) is 3.19. The third kappa shape index (κ3) is 1.19. The molecule has 0 N–H and O–H groups in total. The highest BCUT2D eigenvalue weighted by Gasteiger charge is 2.47. The molecule has 2 nitrogen and oxygen atoms in total. The summed E-state index contributed by atoms with van der Waals surface area (Å²) in [6.45, 7) is 0. The predicted octanol–water partition coefficient (Wildman–Crippen LogP) is 3.49. The van der Waals surface area contributed by atoms with Gasteiger partial charge in [0.1, 0.15) is 18.0 Å². The van der Waals surface area contributed by atoms with Crippen molar-refractivity contribution in [3.63, 3.8) is 0 Å². The Labute approximate surface area is 99.8 Å². The SMILES string of the molecule is COc1ccc2c(c1)C1OC1c1ccccc1-2. The van der Waals surface area contributed by atoms with Crippen molar-refractivity contribution in [3.8, 4) is 16.9 Å². The predicted molar refractivity (Wildman–Crippen MR) is 65.0 cm³/mol. The van der Waals surface area contributed by atoms with E-state index in [1.54, 1.807) is 7.11 Å². The molecule has 1 aliphatic carbocycles. The van der Waals surface area contributed by atoms with Crippen LogP contribution in [-0.4, -0.2) is 7.11 Å². The second-order valence-corrected chi connectivity index (χ2v) is 4.52. The molecule has 2 aromatic carbocycles. The second-order valence-electron chi connectivity index (χ2n) is 4.52. The minimum absolute atomic E-state index is 0.231. The maximum atomic E-state index is 5.77. The molecule has 1 aliphatic heterocycles. The Balaban J connectivity index is 1.99. The Morgan fingerprint density at radius 1 is 0.941 bits per heavy atom. The first-order valence-corrected chi connectivity index (χ1v) is 5.81. The van der Waals surface area contributed by atoms with Crippen LogP contribution in [0.2, 0.25) is 0 Å². The molecule has 2 unspecified atom stereocenters. The third-order valence-electron chi connectivity index (χ3n) is 3.61. The molecule has 0 radical (unpaired) electrons. The van der Waals surface area contributed by atoms with Gasteiger partial charge >= 0.3 is 0 Å². The maximum absolute atomic E-state index is 5.77. The van der Waals surface area contributed by atoms with Crippen LogP contribution in [0.25, 0.3) is 11.1 Å². The lowest BCUT2D eigenvalue weighted by Gasteiger charge is -2.16. The van der Waals surface area contributed by atoms with E-state index < -0.39 is 0 Å². The van der Waals surface area contributed by atoms with Gasteiger partial charge in [0.05, 0.1) is 7.11 Å². The van der Waals surface area contributed by atoms with E-state index in [0.29, 0.717) is 0 Å². The van der Waals surface area contributed by atoms with E-state index in [2.05, 4.69) is 36.4 Å². The van der Waals surface area contributed by atoms with Crippen molar-refractivity contribution in [1.29, 1.82) is 0 Å². The highest BCUT2D eigenvalue weighted by molar-refractivity contribution is 5.76. The van der Waals surface area contributed by atoms with E-state index >= 15 is 0 Å². The Morgan fingerprint density at radius 3 is 2.59 bits per heavy atom. The molecule has 2 aromatic rings. The van der Waals surface area contributed by atoms with Crippen LogP contribution >= 0.6 is 0 Å². The number of rotatable bonds is 1. The number of hydrogen-bond acceptors (Lipinski definition) is 2. The van der Waals surface area contributed by atoms with Crippen LogP contribution in [0, 0.1) is 0 Å². The van der Waals surface area contributed by atoms with Gasteiger partial charge in [0, 0.05) is 0 Å². The lowest BCUT2D eigenvalue weighted by molar-refractivity contribution is 0.378. The zero-order valence-electron chi connectivity index (χ0n) is 9.51. The van der Waals surface area contributed by atoms with Gasteiger partial charge in [0.2, 0.25) is 0 Å². The zero-order valence-corrected chi connectivity index (χ0v) is 9.51. The van der Waals surface area contributed by atoms with Gasteiger partial charge in [-0.1, -0.05) is 30.3 Å². The van der Waals surface area contributed by atoms with Crippen LogP contribution in [0.15, 0.2) is 42.5 Å². The van der Waals surface area contributed by atoms with E-state index in [0.717, 1.165) is 5.75 Å². The molecule has 0 bridgehead atoms. The summed E-state index contributed by atoms with van der Waals surface area (Å²) in [6, 6.07) is 14.7. The largest absolute Gasteiger partial charge is 0.497 e. The third-order valence-corrected chi connectivity index (χ3v) is 3.61. The standard InChI is InChI=1S/C15H12O2/c1-16-9-6-7-11-10-4-2-3-5-12(10)14-15(17-14)13(11)8-9/h2-8,14-15H,1H3. The van der Waals surface area contributed by atoms with Crippen LogP contribution in [0.1, 0.15) is 23.3 Å². The van der Waals surface area contributed by atoms with Crippen molar-refractivity contribution < 1.29 is 9.47 Å². The molecular weight excluding hydrogens is 212 g/mol. The van der Waals surface area contributed by atoms with Gasteiger partial charge in [-0.3, -0.25) is 0 Å². The van der Waals surface area contributed by atoms with Crippen LogP contribution in [0.5, 0.6) is 5.75 Å². The maximum Gasteiger partial charge on any atom is 0.119 e. The topological polar surface area (TPSA) is 21.8 Å². The molecule has 4 rings (SSSR count). The van der Waals surface area contributed by atoms with E-state index in [-0.39, 0.29) is 12.2 Å². The molecule has 1 fully saturated rings. The minimum Gasteiger partial charge on any atom is -0.497 e. The Bertz CT molecular complexity index is 604. The van der Waals surface area contributed by atoms with Crippen molar-refractivity contribution in [2.45, 2.75) is 12.2 Å². The number of ether oxygens (including phenoxy) is 2. The van der Waals surface area contributed by atoms with Crippen LogP contribution in [0.4, 0.5) is 0 Å². The van der Waals surface area contributed by atoms with Gasteiger partial charge in [-0.25, -0.2) is 0 Å². The van der Waals surface area contributed by atoms with Gasteiger partial charge in [0.25, 0.3) is 0 Å². The molecule has 1 saturated heterocycles. The van der Waals surface area contributed by atoms with E-state index in [1.165, 1.54) is 22.3 Å². The summed E-state index contributed by atoms with van der Waals surface area (Å²) in [7, 11) is 1.70. The fourth-order valence-electron chi connectivity index (χ4n) is 2.72. The molecule has 17 heavy (non-hydrogen) atoms. The fraction of sp³-hybridized carbons (Fsp3) is 0.200. The van der Waals surface area contributed by atoms with Gasteiger partial charge in [-0.05, 0) is 34.4 Å². The number of fused-ring (bicyclic) bond motifs is 6. The lowest BCUT2D eigenvalue weighted by atomic mass is 9.86. The molecule has 2 aliphatic rings. The van der Waals surface area contributed by atoms with Gasteiger partial charge in [0.15, 0.2) is 0 Å². The average molecular weight is 224 g/mol.